The molecule has 5 nitrogen and oxygen atoms in total. The molecular weight excluding hydrogens is 294 g/mol. The molecule has 5 heteroatoms. The number of carbonyl (C=O) groups is 1. The van der Waals surface area contributed by atoms with Crippen molar-refractivity contribution in [3.05, 3.63) is 29.3 Å². The number of nitrogens with zero attached hydrogens (tertiary/aromatic N) is 1. The lowest BCUT2D eigenvalue weighted by Gasteiger charge is -2.24. The van der Waals surface area contributed by atoms with Gasteiger partial charge in [-0.2, -0.15) is 0 Å². The van der Waals surface area contributed by atoms with E-state index in [0.29, 0.717) is 6.54 Å². The Balaban J connectivity index is 1.66. The standard InChI is InChI=1S/C18H25NO4/c1-18(2,3)23-17(21)19-10-14(20)16(11-19)22-15-9-5-7-12-6-4-8-13(12)15/h5,7,9,14,16,20H,4,6,8,10-11H2,1-3H3/t14-,16-/m0/s1. The summed E-state index contributed by atoms with van der Waals surface area (Å²) in [4.78, 5) is 13.6. The van der Waals surface area contributed by atoms with Gasteiger partial charge in [0.25, 0.3) is 0 Å². The summed E-state index contributed by atoms with van der Waals surface area (Å²) in [5.74, 6) is 0.843. The summed E-state index contributed by atoms with van der Waals surface area (Å²) in [6.45, 7) is 6.09. The largest absolute Gasteiger partial charge is 0.485 e. The smallest absolute Gasteiger partial charge is 0.410 e. The predicted octanol–water partition coefficient (Wildman–Crippen LogP) is 2.53. The topological polar surface area (TPSA) is 59.0 Å². The Morgan fingerprint density at radius 1 is 1.26 bits per heavy atom. The summed E-state index contributed by atoms with van der Waals surface area (Å²) in [7, 11) is 0. The molecule has 1 heterocycles. The van der Waals surface area contributed by atoms with Gasteiger partial charge < -0.3 is 19.5 Å². The van der Waals surface area contributed by atoms with Gasteiger partial charge in [-0.05, 0) is 57.2 Å². The third-order valence-corrected chi connectivity index (χ3v) is 4.27. The molecule has 0 radical (unpaired) electrons. The fraction of sp³-hybridized carbons (Fsp3) is 0.611. The van der Waals surface area contributed by atoms with Crippen LogP contribution in [0.3, 0.4) is 0 Å². The number of hydrogen-bond donors (Lipinski definition) is 1. The molecule has 126 valence electrons. The number of fused-ring (bicyclic) bond motifs is 1. The molecule has 0 aromatic heterocycles. The van der Waals surface area contributed by atoms with E-state index in [0.717, 1.165) is 25.0 Å². The van der Waals surface area contributed by atoms with E-state index >= 15 is 0 Å². The number of carbonyl (C=O) groups excluding carboxylic acids is 1. The van der Waals surface area contributed by atoms with Gasteiger partial charge >= 0.3 is 6.09 Å². The Morgan fingerprint density at radius 3 is 2.78 bits per heavy atom. The Morgan fingerprint density at radius 2 is 2.04 bits per heavy atom. The van der Waals surface area contributed by atoms with Crippen molar-refractivity contribution in [2.24, 2.45) is 0 Å². The van der Waals surface area contributed by atoms with Gasteiger partial charge in [0.2, 0.25) is 0 Å². The Bertz CT molecular complexity index is 593. The van der Waals surface area contributed by atoms with E-state index in [1.54, 1.807) is 0 Å². The number of aryl methyl sites for hydroxylation is 1. The van der Waals surface area contributed by atoms with Gasteiger partial charge in [-0.3, -0.25) is 0 Å². The molecule has 1 amide bonds. The van der Waals surface area contributed by atoms with E-state index in [9.17, 15) is 9.90 Å². The molecule has 1 N–H and O–H groups in total. The molecule has 2 aliphatic rings. The minimum atomic E-state index is -0.695. The average molecular weight is 319 g/mol. The first kappa shape index (κ1) is 16.1. The third-order valence-electron chi connectivity index (χ3n) is 4.27. The van der Waals surface area contributed by atoms with Crippen LogP contribution in [0.2, 0.25) is 0 Å². The van der Waals surface area contributed by atoms with Crippen molar-refractivity contribution in [3.63, 3.8) is 0 Å². The second-order valence-electron chi connectivity index (χ2n) is 7.36. The summed E-state index contributed by atoms with van der Waals surface area (Å²) in [6.07, 6.45) is 1.75. The quantitative estimate of drug-likeness (QED) is 0.910. The number of benzene rings is 1. The Kier molecular flexibility index (Phi) is 4.23. The van der Waals surface area contributed by atoms with Crippen LogP contribution in [0.15, 0.2) is 18.2 Å². The number of aliphatic hydroxyl groups is 1. The molecule has 1 aliphatic heterocycles. The number of β-amino-alcohol motifs (C(OH)–C–C–N with tert-alkyl or cyclic N) is 1. The van der Waals surface area contributed by atoms with Crippen molar-refractivity contribution in [2.75, 3.05) is 13.1 Å². The zero-order valence-corrected chi connectivity index (χ0v) is 14.0. The minimum absolute atomic E-state index is 0.245. The Labute approximate surface area is 137 Å². The van der Waals surface area contributed by atoms with Gasteiger partial charge in [-0.1, -0.05) is 12.1 Å². The first-order valence-electron chi connectivity index (χ1n) is 8.27. The summed E-state index contributed by atoms with van der Waals surface area (Å²) in [5.41, 5.74) is 2.04. The van der Waals surface area contributed by atoms with E-state index in [4.69, 9.17) is 9.47 Å². The number of ether oxygens (including phenoxy) is 2. The maximum Gasteiger partial charge on any atom is 0.410 e. The first-order chi connectivity index (χ1) is 10.8. The molecule has 1 fully saturated rings. The maximum atomic E-state index is 12.1. The molecule has 0 spiro atoms. The molecule has 3 rings (SSSR count). The number of likely N-dealkylation sites (tertiary alicyclic amines) is 1. The highest BCUT2D eigenvalue weighted by atomic mass is 16.6. The van der Waals surface area contributed by atoms with Gasteiger partial charge in [-0.15, -0.1) is 0 Å². The van der Waals surface area contributed by atoms with Gasteiger partial charge in [0.1, 0.15) is 23.6 Å². The monoisotopic (exact) mass is 319 g/mol. The second kappa shape index (κ2) is 6.04. The van der Waals surface area contributed by atoms with Crippen molar-refractivity contribution >= 4 is 6.09 Å². The Hall–Kier alpha value is -1.75. The van der Waals surface area contributed by atoms with Crippen molar-refractivity contribution in [3.8, 4) is 5.75 Å². The fourth-order valence-electron chi connectivity index (χ4n) is 3.21. The summed E-state index contributed by atoms with van der Waals surface area (Å²) >= 11 is 0. The van der Waals surface area contributed by atoms with Crippen LogP contribution in [0, 0.1) is 0 Å². The number of hydrogen-bond acceptors (Lipinski definition) is 4. The zero-order chi connectivity index (χ0) is 16.6. The summed E-state index contributed by atoms with van der Waals surface area (Å²) < 4.78 is 11.4. The van der Waals surface area contributed by atoms with Gasteiger partial charge in [-0.25, -0.2) is 4.79 Å². The van der Waals surface area contributed by atoms with Crippen LogP contribution in [0.4, 0.5) is 4.79 Å². The van der Waals surface area contributed by atoms with E-state index in [-0.39, 0.29) is 6.54 Å². The number of amides is 1. The molecule has 0 bridgehead atoms. The molecule has 1 aromatic rings. The van der Waals surface area contributed by atoms with Crippen molar-refractivity contribution in [1.29, 1.82) is 0 Å². The van der Waals surface area contributed by atoms with Crippen LogP contribution >= 0.6 is 0 Å². The molecule has 1 aromatic carbocycles. The number of aliphatic hydroxyl groups excluding tert-OH is 1. The lowest BCUT2D eigenvalue weighted by atomic mass is 10.1. The normalized spacial score (nSPS) is 23.7. The van der Waals surface area contributed by atoms with Crippen molar-refractivity contribution in [2.45, 2.75) is 57.8 Å². The van der Waals surface area contributed by atoms with E-state index in [1.807, 2.05) is 32.9 Å². The first-order valence-corrected chi connectivity index (χ1v) is 8.27. The third kappa shape index (κ3) is 3.61. The molecule has 0 saturated carbocycles. The van der Waals surface area contributed by atoms with Crippen LogP contribution in [-0.4, -0.2) is 47.0 Å². The SMILES string of the molecule is CC(C)(C)OC(=O)N1C[C@H](Oc2cccc3c2CCC3)[C@@H](O)C1. The predicted molar refractivity (Wildman–Crippen MR) is 86.7 cm³/mol. The molecule has 23 heavy (non-hydrogen) atoms. The van der Waals surface area contributed by atoms with E-state index < -0.39 is 23.9 Å². The molecule has 0 unspecified atom stereocenters. The van der Waals surface area contributed by atoms with Crippen LogP contribution in [0.5, 0.6) is 5.75 Å². The molecule has 1 saturated heterocycles. The van der Waals surface area contributed by atoms with Crippen molar-refractivity contribution < 1.29 is 19.4 Å². The fourth-order valence-corrected chi connectivity index (χ4v) is 3.21. The lowest BCUT2D eigenvalue weighted by molar-refractivity contribution is 0.0268. The highest BCUT2D eigenvalue weighted by molar-refractivity contribution is 5.68. The lowest BCUT2D eigenvalue weighted by Crippen LogP contribution is -2.36. The molecule has 1 aliphatic carbocycles. The van der Waals surface area contributed by atoms with E-state index in [2.05, 4.69) is 6.07 Å². The highest BCUT2D eigenvalue weighted by Gasteiger charge is 2.38. The van der Waals surface area contributed by atoms with E-state index in [1.165, 1.54) is 16.0 Å². The zero-order valence-electron chi connectivity index (χ0n) is 14.0. The van der Waals surface area contributed by atoms with Crippen LogP contribution in [0.25, 0.3) is 0 Å². The number of rotatable bonds is 2. The van der Waals surface area contributed by atoms with Crippen LogP contribution < -0.4 is 4.74 Å². The minimum Gasteiger partial charge on any atom is -0.485 e. The summed E-state index contributed by atoms with van der Waals surface area (Å²) in [6, 6.07) is 6.08. The van der Waals surface area contributed by atoms with Gasteiger partial charge in [0.05, 0.1) is 13.1 Å². The maximum absolute atomic E-state index is 12.1. The van der Waals surface area contributed by atoms with Gasteiger partial charge in [0, 0.05) is 0 Å². The molecular formula is C18H25NO4. The van der Waals surface area contributed by atoms with Crippen molar-refractivity contribution in [1.82, 2.24) is 4.90 Å². The average Bonchev–Trinajstić information content (AvgIpc) is 3.05. The second-order valence-corrected chi connectivity index (χ2v) is 7.36. The molecule has 2 atom stereocenters. The van der Waals surface area contributed by atoms with Crippen LogP contribution in [0.1, 0.15) is 38.3 Å². The van der Waals surface area contributed by atoms with Gasteiger partial charge in [0.15, 0.2) is 0 Å². The highest BCUT2D eigenvalue weighted by Crippen LogP contribution is 2.32. The van der Waals surface area contributed by atoms with Crippen LogP contribution in [-0.2, 0) is 17.6 Å². The summed E-state index contributed by atoms with van der Waals surface area (Å²) in [5, 5.41) is 10.2.